The van der Waals surface area contributed by atoms with Crippen molar-refractivity contribution in [2.24, 2.45) is 0 Å². The van der Waals surface area contributed by atoms with Crippen molar-refractivity contribution < 1.29 is 19.6 Å². The van der Waals surface area contributed by atoms with Gasteiger partial charge in [0.2, 0.25) is 5.91 Å². The fraction of sp³-hybridized carbons (Fsp3) is 0.417. The Morgan fingerprint density at radius 1 is 1.58 bits per heavy atom. The van der Waals surface area contributed by atoms with Gasteiger partial charge >= 0.3 is 0 Å². The zero-order valence-corrected chi connectivity index (χ0v) is 10.5. The van der Waals surface area contributed by atoms with Gasteiger partial charge in [-0.15, -0.1) is 0 Å². The summed E-state index contributed by atoms with van der Waals surface area (Å²) < 4.78 is 4.72. The number of aliphatic hydroxyl groups is 1. The highest BCUT2D eigenvalue weighted by atomic mass is 16.6. The minimum Gasteiger partial charge on any atom is -0.389 e. The Hall–Kier alpha value is -1.99. The largest absolute Gasteiger partial charge is 0.389 e. The zero-order valence-electron chi connectivity index (χ0n) is 10.5. The number of hydrogen-bond acceptors (Lipinski definition) is 5. The first-order chi connectivity index (χ1) is 9.02. The van der Waals surface area contributed by atoms with Gasteiger partial charge in [-0.25, -0.2) is 0 Å². The molecule has 7 heteroatoms. The van der Waals surface area contributed by atoms with Crippen LogP contribution in [0.1, 0.15) is 5.56 Å². The van der Waals surface area contributed by atoms with Gasteiger partial charge in [0.05, 0.1) is 24.1 Å². The molecule has 0 saturated heterocycles. The van der Waals surface area contributed by atoms with E-state index in [-0.39, 0.29) is 31.2 Å². The molecule has 0 aromatic heterocycles. The third-order valence-corrected chi connectivity index (χ3v) is 2.38. The molecule has 104 valence electrons. The fourth-order valence-electron chi connectivity index (χ4n) is 1.51. The van der Waals surface area contributed by atoms with E-state index in [2.05, 4.69) is 5.32 Å². The van der Waals surface area contributed by atoms with Crippen molar-refractivity contribution in [2.75, 3.05) is 20.3 Å². The molecule has 1 unspecified atom stereocenters. The molecule has 0 aliphatic rings. The summed E-state index contributed by atoms with van der Waals surface area (Å²) in [6.45, 7) is 0.221. The van der Waals surface area contributed by atoms with E-state index >= 15 is 0 Å². The molecule has 2 N–H and O–H groups in total. The maximum atomic E-state index is 11.6. The van der Waals surface area contributed by atoms with Gasteiger partial charge in [0, 0.05) is 25.8 Å². The minimum absolute atomic E-state index is 0.0291. The predicted octanol–water partition coefficient (Wildman–Crippen LogP) is 0.261. The molecule has 0 aliphatic carbocycles. The van der Waals surface area contributed by atoms with Crippen LogP contribution in [0.5, 0.6) is 0 Å². The molecule has 0 fully saturated rings. The van der Waals surface area contributed by atoms with Crippen LogP contribution >= 0.6 is 0 Å². The number of aliphatic hydroxyl groups excluding tert-OH is 1. The Morgan fingerprint density at radius 2 is 2.32 bits per heavy atom. The molecule has 1 aromatic rings. The Balaban J connectivity index is 2.48. The van der Waals surface area contributed by atoms with Crippen molar-refractivity contribution in [3.63, 3.8) is 0 Å². The lowest BCUT2D eigenvalue weighted by Crippen LogP contribution is -2.35. The fourth-order valence-corrected chi connectivity index (χ4v) is 1.51. The maximum absolute atomic E-state index is 11.6. The van der Waals surface area contributed by atoms with E-state index in [9.17, 15) is 20.0 Å². The number of nitro benzene ring substituents is 1. The van der Waals surface area contributed by atoms with Gasteiger partial charge in [-0.3, -0.25) is 14.9 Å². The molecule has 0 radical (unpaired) electrons. The van der Waals surface area contributed by atoms with Crippen molar-refractivity contribution >= 4 is 11.6 Å². The van der Waals surface area contributed by atoms with E-state index in [4.69, 9.17) is 4.74 Å². The monoisotopic (exact) mass is 268 g/mol. The van der Waals surface area contributed by atoms with Crippen LogP contribution in [-0.4, -0.2) is 42.3 Å². The number of carbonyl (C=O) groups excluding carboxylic acids is 1. The molecule has 1 aromatic carbocycles. The molecular formula is C12H16N2O5. The zero-order chi connectivity index (χ0) is 14.3. The van der Waals surface area contributed by atoms with Gasteiger partial charge in [-0.2, -0.15) is 0 Å². The van der Waals surface area contributed by atoms with Crippen molar-refractivity contribution in [2.45, 2.75) is 12.5 Å². The lowest BCUT2D eigenvalue weighted by molar-refractivity contribution is -0.384. The second-order valence-corrected chi connectivity index (χ2v) is 4.02. The molecular weight excluding hydrogens is 252 g/mol. The van der Waals surface area contributed by atoms with E-state index < -0.39 is 11.0 Å². The van der Waals surface area contributed by atoms with Gasteiger partial charge in [0.25, 0.3) is 5.69 Å². The van der Waals surface area contributed by atoms with Gasteiger partial charge in [0.1, 0.15) is 0 Å². The Morgan fingerprint density at radius 3 is 2.95 bits per heavy atom. The summed E-state index contributed by atoms with van der Waals surface area (Å²) in [5.41, 5.74) is 0.498. The van der Waals surface area contributed by atoms with E-state index in [1.165, 1.54) is 25.3 Å². The number of nitro groups is 1. The number of amides is 1. The van der Waals surface area contributed by atoms with Crippen LogP contribution in [0.4, 0.5) is 5.69 Å². The number of nitrogens with zero attached hydrogens (tertiary/aromatic N) is 1. The lowest BCUT2D eigenvalue weighted by Gasteiger charge is -2.10. The number of ether oxygens (including phenoxy) is 1. The second kappa shape index (κ2) is 7.45. The first kappa shape index (κ1) is 15.1. The Bertz CT molecular complexity index is 450. The topological polar surface area (TPSA) is 102 Å². The van der Waals surface area contributed by atoms with Crippen molar-refractivity contribution in [1.82, 2.24) is 5.32 Å². The van der Waals surface area contributed by atoms with Crippen LogP contribution in [-0.2, 0) is 16.0 Å². The van der Waals surface area contributed by atoms with Gasteiger partial charge in [0.15, 0.2) is 0 Å². The third kappa shape index (κ3) is 5.45. The first-order valence-electron chi connectivity index (χ1n) is 5.70. The first-order valence-corrected chi connectivity index (χ1v) is 5.70. The number of methoxy groups -OCH3 is 1. The van der Waals surface area contributed by atoms with E-state index in [0.717, 1.165) is 0 Å². The van der Waals surface area contributed by atoms with Gasteiger partial charge in [-0.05, 0) is 5.56 Å². The summed E-state index contributed by atoms with van der Waals surface area (Å²) in [5, 5.41) is 22.5. The van der Waals surface area contributed by atoms with Crippen LogP contribution in [0.15, 0.2) is 24.3 Å². The van der Waals surface area contributed by atoms with Crippen LogP contribution in [0.2, 0.25) is 0 Å². The van der Waals surface area contributed by atoms with E-state index in [1.54, 1.807) is 6.07 Å². The summed E-state index contributed by atoms with van der Waals surface area (Å²) in [7, 11) is 1.45. The van der Waals surface area contributed by atoms with Gasteiger partial charge < -0.3 is 15.2 Å². The molecule has 0 heterocycles. The standard InChI is InChI=1S/C12H16N2O5/c1-19-8-11(15)7-13-12(16)6-9-3-2-4-10(5-9)14(17)18/h2-5,11,15H,6-8H2,1H3,(H,13,16). The summed E-state index contributed by atoms with van der Waals surface area (Å²) in [4.78, 5) is 21.6. The summed E-state index contributed by atoms with van der Waals surface area (Å²) in [5.74, 6) is -0.310. The Kier molecular flexibility index (Phi) is 5.91. The normalized spacial score (nSPS) is 11.9. The highest BCUT2D eigenvalue weighted by Crippen LogP contribution is 2.13. The third-order valence-electron chi connectivity index (χ3n) is 2.38. The number of benzene rings is 1. The lowest BCUT2D eigenvalue weighted by atomic mass is 10.1. The molecule has 0 aliphatic heterocycles. The number of carbonyl (C=O) groups is 1. The van der Waals surface area contributed by atoms with Crippen molar-refractivity contribution in [3.05, 3.63) is 39.9 Å². The number of rotatable bonds is 7. The molecule has 0 saturated carbocycles. The smallest absolute Gasteiger partial charge is 0.269 e. The van der Waals surface area contributed by atoms with Crippen molar-refractivity contribution in [1.29, 1.82) is 0 Å². The minimum atomic E-state index is -0.765. The van der Waals surface area contributed by atoms with Crippen LogP contribution < -0.4 is 5.32 Å². The van der Waals surface area contributed by atoms with Gasteiger partial charge in [-0.1, -0.05) is 12.1 Å². The van der Waals surface area contributed by atoms with E-state index in [1.807, 2.05) is 0 Å². The molecule has 1 rings (SSSR count). The van der Waals surface area contributed by atoms with Crippen molar-refractivity contribution in [3.8, 4) is 0 Å². The SMILES string of the molecule is COCC(O)CNC(=O)Cc1cccc([N+](=O)[O-])c1. The molecule has 0 bridgehead atoms. The average Bonchev–Trinajstić information content (AvgIpc) is 2.37. The highest BCUT2D eigenvalue weighted by Gasteiger charge is 2.10. The number of nitrogens with one attached hydrogen (secondary N) is 1. The quantitative estimate of drug-likeness (QED) is 0.545. The second-order valence-electron chi connectivity index (χ2n) is 4.02. The molecule has 1 amide bonds. The molecule has 0 spiro atoms. The number of non-ortho nitro benzene ring substituents is 1. The van der Waals surface area contributed by atoms with Crippen LogP contribution in [0, 0.1) is 10.1 Å². The molecule has 19 heavy (non-hydrogen) atoms. The van der Waals surface area contributed by atoms with E-state index in [0.29, 0.717) is 5.56 Å². The summed E-state index contributed by atoms with van der Waals surface area (Å²) >= 11 is 0. The summed E-state index contributed by atoms with van der Waals surface area (Å²) in [6.07, 6.45) is -0.736. The highest BCUT2D eigenvalue weighted by molar-refractivity contribution is 5.78. The maximum Gasteiger partial charge on any atom is 0.269 e. The average molecular weight is 268 g/mol. The Labute approximate surface area is 110 Å². The van der Waals surface area contributed by atoms with Crippen LogP contribution in [0.3, 0.4) is 0 Å². The van der Waals surface area contributed by atoms with Crippen LogP contribution in [0.25, 0.3) is 0 Å². The predicted molar refractivity (Wildman–Crippen MR) is 67.7 cm³/mol. The molecule has 7 nitrogen and oxygen atoms in total. The number of hydrogen-bond donors (Lipinski definition) is 2. The molecule has 1 atom stereocenters. The summed E-state index contributed by atoms with van der Waals surface area (Å²) in [6, 6.07) is 5.88.